The van der Waals surface area contributed by atoms with Crippen molar-refractivity contribution in [3.8, 4) is 5.75 Å². The van der Waals surface area contributed by atoms with Crippen LogP contribution in [-0.4, -0.2) is 44.2 Å². The largest absolute Gasteiger partial charge is 0.491 e. The van der Waals surface area contributed by atoms with E-state index >= 15 is 0 Å². The Labute approximate surface area is 133 Å². The molecule has 1 rings (SSSR count). The lowest BCUT2D eigenvalue weighted by Gasteiger charge is -2.20. The van der Waals surface area contributed by atoms with E-state index in [9.17, 15) is 4.79 Å². The summed E-state index contributed by atoms with van der Waals surface area (Å²) in [6.07, 6.45) is 0.974. The molecule has 1 aromatic carbocycles. The van der Waals surface area contributed by atoms with Crippen molar-refractivity contribution in [2.24, 2.45) is 0 Å². The highest BCUT2D eigenvalue weighted by Crippen LogP contribution is 2.27. The number of nitrogens with zero attached hydrogens (tertiary/aromatic N) is 1. The van der Waals surface area contributed by atoms with Crippen LogP contribution in [0.2, 0.25) is 5.02 Å². The number of hydrogen-bond donors (Lipinski definition) is 0. The van der Waals surface area contributed by atoms with Gasteiger partial charge in [-0.15, -0.1) is 0 Å². The van der Waals surface area contributed by atoms with Crippen LogP contribution in [0.25, 0.3) is 0 Å². The molecule has 0 atom stereocenters. The third-order valence-electron chi connectivity index (χ3n) is 2.68. The molecule has 0 amide bonds. The van der Waals surface area contributed by atoms with Crippen molar-refractivity contribution in [1.82, 2.24) is 4.90 Å². The smallest absolute Gasteiger partial charge is 0.319 e. The first kappa shape index (κ1) is 17.3. The van der Waals surface area contributed by atoms with Gasteiger partial charge in [0.2, 0.25) is 0 Å². The molecular formula is C14H19BrClNO3. The van der Waals surface area contributed by atoms with Gasteiger partial charge in [0.05, 0.1) is 18.1 Å². The van der Waals surface area contributed by atoms with Gasteiger partial charge >= 0.3 is 5.97 Å². The maximum absolute atomic E-state index is 11.3. The Morgan fingerprint density at radius 3 is 2.75 bits per heavy atom. The van der Waals surface area contributed by atoms with E-state index in [0.29, 0.717) is 18.2 Å². The molecule has 0 aromatic heterocycles. The second kappa shape index (κ2) is 9.21. The molecule has 0 aliphatic heterocycles. The van der Waals surface area contributed by atoms with Crippen molar-refractivity contribution >= 4 is 33.5 Å². The van der Waals surface area contributed by atoms with Gasteiger partial charge < -0.3 is 9.47 Å². The van der Waals surface area contributed by atoms with E-state index in [4.69, 9.17) is 16.3 Å². The van der Waals surface area contributed by atoms with Crippen LogP contribution in [0.1, 0.15) is 13.3 Å². The second-order valence-corrected chi connectivity index (χ2v) is 5.57. The zero-order valence-electron chi connectivity index (χ0n) is 11.7. The van der Waals surface area contributed by atoms with E-state index in [2.05, 4.69) is 27.6 Å². The summed E-state index contributed by atoms with van der Waals surface area (Å²) in [5, 5.41) is 0.655. The van der Waals surface area contributed by atoms with Crippen molar-refractivity contribution in [1.29, 1.82) is 0 Å². The number of carbonyl (C=O) groups excluding carboxylic acids is 1. The van der Waals surface area contributed by atoms with Crippen LogP contribution in [-0.2, 0) is 9.53 Å². The summed E-state index contributed by atoms with van der Waals surface area (Å²) in [5.41, 5.74) is 0. The number of benzene rings is 1. The first-order valence-corrected chi connectivity index (χ1v) is 7.61. The van der Waals surface area contributed by atoms with Crippen LogP contribution in [0.15, 0.2) is 22.7 Å². The number of carbonyl (C=O) groups is 1. The minimum Gasteiger partial charge on any atom is -0.491 e. The normalized spacial score (nSPS) is 10.7. The Kier molecular flexibility index (Phi) is 7.95. The Morgan fingerprint density at radius 1 is 1.40 bits per heavy atom. The Bertz CT molecular complexity index is 442. The molecule has 6 heteroatoms. The van der Waals surface area contributed by atoms with Gasteiger partial charge in [-0.1, -0.05) is 18.5 Å². The van der Waals surface area contributed by atoms with E-state index < -0.39 is 0 Å². The van der Waals surface area contributed by atoms with E-state index in [-0.39, 0.29) is 12.5 Å². The van der Waals surface area contributed by atoms with Gasteiger partial charge in [-0.05, 0) is 47.1 Å². The van der Waals surface area contributed by atoms with Crippen LogP contribution in [0.4, 0.5) is 0 Å². The summed E-state index contributed by atoms with van der Waals surface area (Å²) in [7, 11) is 1.40. The zero-order chi connectivity index (χ0) is 15.0. The van der Waals surface area contributed by atoms with Crippen molar-refractivity contribution < 1.29 is 14.3 Å². The quantitative estimate of drug-likeness (QED) is 0.663. The van der Waals surface area contributed by atoms with E-state index in [1.165, 1.54) is 7.11 Å². The number of rotatable bonds is 8. The summed E-state index contributed by atoms with van der Waals surface area (Å²) >= 11 is 9.27. The molecule has 20 heavy (non-hydrogen) atoms. The lowest BCUT2D eigenvalue weighted by Crippen LogP contribution is -2.34. The van der Waals surface area contributed by atoms with Crippen molar-refractivity contribution in [2.75, 3.05) is 33.4 Å². The molecule has 0 aliphatic carbocycles. The lowest BCUT2D eigenvalue weighted by molar-refractivity contribution is -0.142. The molecular weight excluding hydrogens is 346 g/mol. The fourth-order valence-electron chi connectivity index (χ4n) is 1.71. The first-order valence-electron chi connectivity index (χ1n) is 6.43. The fraction of sp³-hybridized carbons (Fsp3) is 0.500. The average Bonchev–Trinajstić information content (AvgIpc) is 2.41. The van der Waals surface area contributed by atoms with Gasteiger partial charge in [0.15, 0.2) is 0 Å². The van der Waals surface area contributed by atoms with Crippen LogP contribution in [0, 0.1) is 0 Å². The van der Waals surface area contributed by atoms with Gasteiger partial charge in [0, 0.05) is 11.6 Å². The van der Waals surface area contributed by atoms with Gasteiger partial charge in [-0.3, -0.25) is 9.69 Å². The standard InChI is InChI=1S/C14H19BrClNO3/c1-3-6-17(10-14(18)19-2)7-8-20-13-5-4-11(16)9-12(13)15/h4-5,9H,3,6-8,10H2,1-2H3. The number of halogens is 2. The molecule has 0 N–H and O–H groups in total. The Hall–Kier alpha value is -0.780. The SMILES string of the molecule is CCCN(CCOc1ccc(Cl)cc1Br)CC(=O)OC. The Balaban J connectivity index is 2.45. The number of hydrogen-bond acceptors (Lipinski definition) is 4. The van der Waals surface area contributed by atoms with Crippen molar-refractivity contribution in [3.63, 3.8) is 0 Å². The number of methoxy groups -OCH3 is 1. The first-order chi connectivity index (χ1) is 9.56. The molecule has 0 aliphatic rings. The molecule has 0 fully saturated rings. The summed E-state index contributed by atoms with van der Waals surface area (Å²) in [5.74, 6) is 0.509. The Morgan fingerprint density at radius 2 is 2.15 bits per heavy atom. The summed E-state index contributed by atoms with van der Waals surface area (Å²) < 4.78 is 11.2. The maximum Gasteiger partial charge on any atom is 0.319 e. The third-order valence-corrected chi connectivity index (χ3v) is 3.53. The molecule has 4 nitrogen and oxygen atoms in total. The zero-order valence-corrected chi connectivity index (χ0v) is 14.0. The molecule has 1 aromatic rings. The highest BCUT2D eigenvalue weighted by atomic mass is 79.9. The average molecular weight is 365 g/mol. The monoisotopic (exact) mass is 363 g/mol. The fourth-order valence-corrected chi connectivity index (χ4v) is 2.51. The molecule has 112 valence electrons. The predicted molar refractivity (Wildman–Crippen MR) is 83.4 cm³/mol. The summed E-state index contributed by atoms with van der Waals surface area (Å²) in [6, 6.07) is 5.38. The molecule has 0 radical (unpaired) electrons. The summed E-state index contributed by atoms with van der Waals surface area (Å²) in [4.78, 5) is 13.3. The highest BCUT2D eigenvalue weighted by Gasteiger charge is 2.10. The molecule has 0 saturated heterocycles. The van der Waals surface area contributed by atoms with E-state index in [0.717, 1.165) is 23.2 Å². The van der Waals surface area contributed by atoms with Crippen LogP contribution in [0.5, 0.6) is 5.75 Å². The van der Waals surface area contributed by atoms with Crippen molar-refractivity contribution in [3.05, 3.63) is 27.7 Å². The van der Waals surface area contributed by atoms with Crippen LogP contribution < -0.4 is 4.74 Å². The molecule has 0 saturated carbocycles. The molecule has 0 unspecified atom stereocenters. The molecule has 0 heterocycles. The third kappa shape index (κ3) is 6.11. The number of esters is 1. The predicted octanol–water partition coefficient (Wildman–Crippen LogP) is 3.37. The highest BCUT2D eigenvalue weighted by molar-refractivity contribution is 9.10. The number of ether oxygens (including phenoxy) is 2. The molecule has 0 bridgehead atoms. The topological polar surface area (TPSA) is 38.8 Å². The minimum atomic E-state index is -0.230. The second-order valence-electron chi connectivity index (χ2n) is 4.28. The molecule has 0 spiro atoms. The lowest BCUT2D eigenvalue weighted by atomic mass is 10.3. The summed E-state index contributed by atoms with van der Waals surface area (Å²) in [6.45, 7) is 4.35. The van der Waals surface area contributed by atoms with E-state index in [1.807, 2.05) is 11.0 Å². The van der Waals surface area contributed by atoms with E-state index in [1.54, 1.807) is 12.1 Å². The van der Waals surface area contributed by atoms with Crippen molar-refractivity contribution in [2.45, 2.75) is 13.3 Å². The van der Waals surface area contributed by atoms with Crippen LogP contribution in [0.3, 0.4) is 0 Å². The van der Waals surface area contributed by atoms with Gasteiger partial charge in [0.25, 0.3) is 0 Å². The van der Waals surface area contributed by atoms with Gasteiger partial charge in [-0.25, -0.2) is 0 Å². The minimum absolute atomic E-state index is 0.230. The van der Waals surface area contributed by atoms with Crippen LogP contribution >= 0.6 is 27.5 Å². The maximum atomic E-state index is 11.3. The van der Waals surface area contributed by atoms with Gasteiger partial charge in [-0.2, -0.15) is 0 Å². The van der Waals surface area contributed by atoms with Gasteiger partial charge in [0.1, 0.15) is 12.4 Å².